The second kappa shape index (κ2) is 12.7. The lowest BCUT2D eigenvalue weighted by molar-refractivity contribution is 0.0646. The van der Waals surface area contributed by atoms with Crippen molar-refractivity contribution in [3.05, 3.63) is 53.9 Å². The number of nitrogens with zero attached hydrogens (tertiary/aromatic N) is 3. The molecule has 144 valence electrons. The SMILES string of the molecule is CCNC(=NCc1ccnn1C)NCCCOC(C)c1ccccc1.I. The van der Waals surface area contributed by atoms with E-state index in [4.69, 9.17) is 4.74 Å². The molecule has 26 heavy (non-hydrogen) atoms. The minimum Gasteiger partial charge on any atom is -0.374 e. The Bertz CT molecular complexity index is 644. The molecule has 1 heterocycles. The van der Waals surface area contributed by atoms with Gasteiger partial charge in [0, 0.05) is 32.9 Å². The largest absolute Gasteiger partial charge is 0.374 e. The van der Waals surface area contributed by atoms with Gasteiger partial charge in [-0.2, -0.15) is 5.10 Å². The van der Waals surface area contributed by atoms with Gasteiger partial charge in [0.15, 0.2) is 5.96 Å². The molecule has 1 aromatic carbocycles. The zero-order valence-electron chi connectivity index (χ0n) is 15.8. The van der Waals surface area contributed by atoms with Crippen LogP contribution in [-0.4, -0.2) is 35.4 Å². The first-order valence-electron chi connectivity index (χ1n) is 8.86. The summed E-state index contributed by atoms with van der Waals surface area (Å²) < 4.78 is 7.73. The maximum absolute atomic E-state index is 5.89. The molecule has 0 aliphatic heterocycles. The topological polar surface area (TPSA) is 63.5 Å². The van der Waals surface area contributed by atoms with Crippen molar-refractivity contribution in [1.29, 1.82) is 0 Å². The fourth-order valence-corrected chi connectivity index (χ4v) is 2.42. The number of benzene rings is 1. The molecule has 0 radical (unpaired) electrons. The molecule has 0 spiro atoms. The molecule has 6 nitrogen and oxygen atoms in total. The van der Waals surface area contributed by atoms with Crippen molar-refractivity contribution in [3.63, 3.8) is 0 Å². The van der Waals surface area contributed by atoms with E-state index in [1.54, 1.807) is 6.20 Å². The highest BCUT2D eigenvalue weighted by molar-refractivity contribution is 14.0. The van der Waals surface area contributed by atoms with E-state index in [0.717, 1.165) is 31.2 Å². The average Bonchev–Trinajstić information content (AvgIpc) is 3.04. The van der Waals surface area contributed by atoms with Crippen LogP contribution in [0.25, 0.3) is 0 Å². The van der Waals surface area contributed by atoms with Gasteiger partial charge in [-0.25, -0.2) is 4.99 Å². The van der Waals surface area contributed by atoms with Crippen molar-refractivity contribution in [2.24, 2.45) is 12.0 Å². The standard InChI is InChI=1S/C19H29N5O.HI/c1-4-20-19(22-15-18-11-13-23-24(18)3)21-12-8-14-25-16(2)17-9-6-5-7-10-17;/h5-7,9-11,13,16H,4,8,12,14-15H2,1-3H3,(H2,20,21,22);1H. The maximum atomic E-state index is 5.89. The Morgan fingerprint density at radius 2 is 2.00 bits per heavy atom. The average molecular weight is 471 g/mol. The van der Waals surface area contributed by atoms with Crippen LogP contribution in [0.3, 0.4) is 0 Å². The lowest BCUT2D eigenvalue weighted by Crippen LogP contribution is -2.38. The Hall–Kier alpha value is -1.61. The first-order chi connectivity index (χ1) is 12.2. The van der Waals surface area contributed by atoms with E-state index in [9.17, 15) is 0 Å². The molecule has 0 amide bonds. The van der Waals surface area contributed by atoms with E-state index in [2.05, 4.69) is 46.7 Å². The molecule has 0 saturated heterocycles. The number of nitrogens with one attached hydrogen (secondary N) is 2. The predicted octanol–water partition coefficient (Wildman–Crippen LogP) is 3.26. The van der Waals surface area contributed by atoms with Crippen molar-refractivity contribution in [2.75, 3.05) is 19.7 Å². The zero-order chi connectivity index (χ0) is 17.9. The number of hydrogen-bond donors (Lipinski definition) is 2. The van der Waals surface area contributed by atoms with Crippen LogP contribution in [0.2, 0.25) is 0 Å². The summed E-state index contributed by atoms with van der Waals surface area (Å²) in [5, 5.41) is 10.8. The summed E-state index contributed by atoms with van der Waals surface area (Å²) >= 11 is 0. The van der Waals surface area contributed by atoms with Gasteiger partial charge in [0.1, 0.15) is 0 Å². The Morgan fingerprint density at radius 3 is 2.65 bits per heavy atom. The quantitative estimate of drug-likeness (QED) is 0.255. The van der Waals surface area contributed by atoms with Gasteiger partial charge in [0.2, 0.25) is 0 Å². The molecular formula is C19H30IN5O. The first kappa shape index (κ1) is 22.4. The van der Waals surface area contributed by atoms with Crippen molar-refractivity contribution < 1.29 is 4.74 Å². The van der Waals surface area contributed by atoms with Crippen LogP contribution in [-0.2, 0) is 18.3 Å². The minimum atomic E-state index is 0. The third-order valence-corrected chi connectivity index (χ3v) is 3.92. The lowest BCUT2D eigenvalue weighted by atomic mass is 10.1. The van der Waals surface area contributed by atoms with Crippen molar-refractivity contribution in [1.82, 2.24) is 20.4 Å². The van der Waals surface area contributed by atoms with E-state index in [1.807, 2.05) is 36.0 Å². The second-order valence-corrected chi connectivity index (χ2v) is 5.85. The molecule has 0 saturated carbocycles. The number of rotatable bonds is 9. The molecular weight excluding hydrogens is 441 g/mol. The summed E-state index contributed by atoms with van der Waals surface area (Å²) in [4.78, 5) is 4.59. The molecule has 7 heteroatoms. The molecule has 0 aliphatic rings. The summed E-state index contributed by atoms with van der Waals surface area (Å²) in [6.07, 6.45) is 2.83. The van der Waals surface area contributed by atoms with Crippen LogP contribution in [0.1, 0.15) is 37.6 Å². The summed E-state index contributed by atoms with van der Waals surface area (Å²) in [6.45, 7) is 7.11. The lowest BCUT2D eigenvalue weighted by Gasteiger charge is -2.14. The highest BCUT2D eigenvalue weighted by Gasteiger charge is 2.04. The van der Waals surface area contributed by atoms with E-state index in [0.29, 0.717) is 13.2 Å². The summed E-state index contributed by atoms with van der Waals surface area (Å²) in [5.74, 6) is 0.819. The number of halogens is 1. The van der Waals surface area contributed by atoms with Crippen LogP contribution in [0.4, 0.5) is 0 Å². The third kappa shape index (κ3) is 7.74. The number of ether oxygens (including phenoxy) is 1. The molecule has 2 rings (SSSR count). The monoisotopic (exact) mass is 471 g/mol. The number of hydrogen-bond acceptors (Lipinski definition) is 3. The molecule has 0 aliphatic carbocycles. The summed E-state index contributed by atoms with van der Waals surface area (Å²) in [7, 11) is 1.93. The fraction of sp³-hybridized carbons (Fsp3) is 0.474. The number of aryl methyl sites for hydroxylation is 1. The van der Waals surface area contributed by atoms with Gasteiger partial charge in [-0.3, -0.25) is 4.68 Å². The van der Waals surface area contributed by atoms with Crippen LogP contribution >= 0.6 is 24.0 Å². The van der Waals surface area contributed by atoms with Crippen LogP contribution in [0.5, 0.6) is 0 Å². The van der Waals surface area contributed by atoms with Crippen LogP contribution in [0, 0.1) is 0 Å². The molecule has 2 N–H and O–H groups in total. The van der Waals surface area contributed by atoms with Gasteiger partial charge in [-0.05, 0) is 31.9 Å². The Morgan fingerprint density at radius 1 is 1.23 bits per heavy atom. The predicted molar refractivity (Wildman–Crippen MR) is 117 cm³/mol. The normalized spacial score (nSPS) is 12.3. The summed E-state index contributed by atoms with van der Waals surface area (Å²) in [5.41, 5.74) is 2.29. The fourth-order valence-electron chi connectivity index (χ4n) is 2.42. The molecule has 1 atom stereocenters. The van der Waals surface area contributed by atoms with E-state index < -0.39 is 0 Å². The van der Waals surface area contributed by atoms with Gasteiger partial charge in [0.25, 0.3) is 0 Å². The number of guanidine groups is 1. The van der Waals surface area contributed by atoms with Gasteiger partial charge in [-0.1, -0.05) is 30.3 Å². The van der Waals surface area contributed by atoms with Crippen molar-refractivity contribution in [2.45, 2.75) is 32.9 Å². The van der Waals surface area contributed by atoms with E-state index >= 15 is 0 Å². The third-order valence-electron chi connectivity index (χ3n) is 3.92. The Balaban J connectivity index is 0.00000338. The van der Waals surface area contributed by atoms with Crippen molar-refractivity contribution in [3.8, 4) is 0 Å². The maximum Gasteiger partial charge on any atom is 0.191 e. The second-order valence-electron chi connectivity index (χ2n) is 5.85. The molecule has 0 fully saturated rings. The van der Waals surface area contributed by atoms with Gasteiger partial charge in [0.05, 0.1) is 18.3 Å². The first-order valence-corrected chi connectivity index (χ1v) is 8.86. The highest BCUT2D eigenvalue weighted by atomic mass is 127. The van der Waals surface area contributed by atoms with Crippen LogP contribution in [0.15, 0.2) is 47.6 Å². The molecule has 2 aromatic rings. The molecule has 1 unspecified atom stereocenters. The highest BCUT2D eigenvalue weighted by Crippen LogP contribution is 2.15. The van der Waals surface area contributed by atoms with Crippen molar-refractivity contribution >= 4 is 29.9 Å². The Labute approximate surface area is 173 Å². The van der Waals surface area contributed by atoms with Gasteiger partial charge in [-0.15, -0.1) is 24.0 Å². The smallest absolute Gasteiger partial charge is 0.191 e. The number of aliphatic imine (C=N–C) groups is 1. The molecule has 0 bridgehead atoms. The minimum absolute atomic E-state index is 0. The number of aromatic nitrogens is 2. The van der Waals surface area contributed by atoms with E-state index in [1.165, 1.54) is 5.56 Å². The summed E-state index contributed by atoms with van der Waals surface area (Å²) in [6, 6.07) is 12.3. The Kier molecular flexibility index (Phi) is 11.0. The van der Waals surface area contributed by atoms with Gasteiger partial charge < -0.3 is 15.4 Å². The zero-order valence-corrected chi connectivity index (χ0v) is 18.1. The van der Waals surface area contributed by atoms with Gasteiger partial charge >= 0.3 is 0 Å². The molecule has 1 aromatic heterocycles. The van der Waals surface area contributed by atoms with Crippen LogP contribution < -0.4 is 10.6 Å². The van der Waals surface area contributed by atoms with E-state index in [-0.39, 0.29) is 30.1 Å².